The van der Waals surface area contributed by atoms with Crippen molar-refractivity contribution in [2.24, 2.45) is 0 Å². The second-order valence-corrected chi connectivity index (χ2v) is 7.99. The van der Waals surface area contributed by atoms with Crippen LogP contribution < -0.4 is 10.6 Å². The van der Waals surface area contributed by atoms with Gasteiger partial charge in [-0.15, -0.1) is 0 Å². The van der Waals surface area contributed by atoms with Crippen LogP contribution in [0.5, 0.6) is 0 Å². The number of nitrogens with one attached hydrogen (secondary N) is 2. The molecule has 0 unspecified atom stereocenters. The molecule has 3 amide bonds. The lowest BCUT2D eigenvalue weighted by Gasteiger charge is -2.38. The highest BCUT2D eigenvalue weighted by atomic mass is 16.2. The largest absolute Gasteiger partial charge is 0.353 e. The Bertz CT molecular complexity index is 818. The molecule has 2 heterocycles. The zero-order chi connectivity index (χ0) is 22.4. The summed E-state index contributed by atoms with van der Waals surface area (Å²) in [7, 11) is 0. The van der Waals surface area contributed by atoms with E-state index < -0.39 is 6.04 Å². The number of carbonyl (C=O) groups excluding carboxylic acids is 4. The molecule has 2 saturated heterocycles. The zero-order valence-electron chi connectivity index (χ0n) is 18.2. The lowest BCUT2D eigenvalue weighted by molar-refractivity contribution is -0.145. The van der Waals surface area contributed by atoms with E-state index in [1.807, 2.05) is 0 Å². The van der Waals surface area contributed by atoms with Crippen molar-refractivity contribution >= 4 is 29.2 Å². The quantitative estimate of drug-likeness (QED) is 0.600. The smallest absolute Gasteiger partial charge is 0.243 e. The molecule has 31 heavy (non-hydrogen) atoms. The summed E-state index contributed by atoms with van der Waals surface area (Å²) in [5, 5.41) is 5.50. The van der Waals surface area contributed by atoms with E-state index in [1.54, 1.807) is 24.3 Å². The van der Waals surface area contributed by atoms with Crippen LogP contribution >= 0.6 is 0 Å². The first-order chi connectivity index (χ1) is 14.9. The lowest BCUT2D eigenvalue weighted by atomic mass is 10.1. The van der Waals surface area contributed by atoms with Crippen molar-refractivity contribution in [3.05, 3.63) is 29.8 Å². The summed E-state index contributed by atoms with van der Waals surface area (Å²) in [6.45, 7) is 9.14. The van der Waals surface area contributed by atoms with Crippen LogP contribution in [0.1, 0.15) is 30.6 Å². The van der Waals surface area contributed by atoms with Crippen molar-refractivity contribution in [3.8, 4) is 0 Å². The van der Waals surface area contributed by atoms with E-state index in [-0.39, 0.29) is 36.5 Å². The van der Waals surface area contributed by atoms with Crippen LogP contribution in [-0.4, -0.2) is 96.6 Å². The fraction of sp³-hybridized carbons (Fsp3) is 0.545. The summed E-state index contributed by atoms with van der Waals surface area (Å²) in [6, 6.07) is 5.75. The molecule has 2 fully saturated rings. The third-order valence-corrected chi connectivity index (χ3v) is 5.88. The van der Waals surface area contributed by atoms with Gasteiger partial charge in [0, 0.05) is 50.5 Å². The summed E-state index contributed by atoms with van der Waals surface area (Å²) in [5.74, 6) is -0.838. The third-order valence-electron chi connectivity index (χ3n) is 5.88. The molecule has 0 aliphatic carbocycles. The highest BCUT2D eigenvalue weighted by Crippen LogP contribution is 2.14. The maximum absolute atomic E-state index is 12.9. The Morgan fingerprint density at radius 1 is 1.03 bits per heavy atom. The van der Waals surface area contributed by atoms with E-state index in [0.29, 0.717) is 24.3 Å². The van der Waals surface area contributed by atoms with Gasteiger partial charge in [0.1, 0.15) is 6.04 Å². The Hall–Kier alpha value is -2.78. The highest BCUT2D eigenvalue weighted by Gasteiger charge is 2.35. The summed E-state index contributed by atoms with van der Waals surface area (Å²) in [5.41, 5.74) is 1.10. The highest BCUT2D eigenvalue weighted by molar-refractivity contribution is 5.98. The molecule has 9 nitrogen and oxygen atoms in total. The van der Waals surface area contributed by atoms with Crippen molar-refractivity contribution in [1.82, 2.24) is 20.0 Å². The van der Waals surface area contributed by atoms with Gasteiger partial charge >= 0.3 is 0 Å². The molecule has 3 rings (SSSR count). The molecule has 0 spiro atoms. The van der Waals surface area contributed by atoms with Crippen LogP contribution in [-0.2, 0) is 14.4 Å². The van der Waals surface area contributed by atoms with Gasteiger partial charge in [0.2, 0.25) is 17.7 Å². The van der Waals surface area contributed by atoms with Gasteiger partial charge < -0.3 is 20.4 Å². The molecule has 1 aromatic rings. The van der Waals surface area contributed by atoms with Gasteiger partial charge in [-0.25, -0.2) is 0 Å². The maximum atomic E-state index is 12.9. The SMILES string of the molecule is CCN1CCN(CC(=O)N2CCNC(=O)[C@@H]2CC(=O)Nc2ccc(C(C)=O)cc2)CC1. The molecular weight excluding hydrogens is 398 g/mol. The van der Waals surface area contributed by atoms with Crippen LogP contribution in [0.25, 0.3) is 0 Å². The number of likely N-dealkylation sites (N-methyl/N-ethyl adjacent to an activating group) is 1. The first-order valence-electron chi connectivity index (χ1n) is 10.8. The third kappa shape index (κ3) is 6.11. The minimum Gasteiger partial charge on any atom is -0.353 e. The second kappa shape index (κ2) is 10.5. The van der Waals surface area contributed by atoms with Crippen molar-refractivity contribution in [2.75, 3.05) is 57.7 Å². The summed E-state index contributed by atoms with van der Waals surface area (Å²) < 4.78 is 0. The van der Waals surface area contributed by atoms with Gasteiger partial charge in [-0.3, -0.25) is 24.1 Å². The Morgan fingerprint density at radius 3 is 2.29 bits per heavy atom. The van der Waals surface area contributed by atoms with Crippen LogP contribution in [0.2, 0.25) is 0 Å². The van der Waals surface area contributed by atoms with Gasteiger partial charge in [-0.2, -0.15) is 0 Å². The van der Waals surface area contributed by atoms with E-state index in [0.717, 1.165) is 32.7 Å². The average molecular weight is 430 g/mol. The summed E-state index contributed by atoms with van der Waals surface area (Å²) in [4.78, 5) is 55.3. The fourth-order valence-corrected chi connectivity index (χ4v) is 3.94. The Balaban J connectivity index is 1.58. The van der Waals surface area contributed by atoms with Crippen molar-refractivity contribution in [2.45, 2.75) is 26.3 Å². The number of hydrogen-bond donors (Lipinski definition) is 2. The van der Waals surface area contributed by atoms with Crippen LogP contribution in [0.15, 0.2) is 24.3 Å². The van der Waals surface area contributed by atoms with Gasteiger partial charge in [0.25, 0.3) is 0 Å². The van der Waals surface area contributed by atoms with Crippen LogP contribution in [0, 0.1) is 0 Å². The van der Waals surface area contributed by atoms with E-state index in [4.69, 9.17) is 0 Å². The molecule has 2 aliphatic heterocycles. The predicted octanol–water partition coefficient (Wildman–Crippen LogP) is 0.182. The first-order valence-corrected chi connectivity index (χ1v) is 10.8. The second-order valence-electron chi connectivity index (χ2n) is 7.99. The predicted molar refractivity (Wildman–Crippen MR) is 117 cm³/mol. The van der Waals surface area contributed by atoms with E-state index >= 15 is 0 Å². The normalized spacial score (nSPS) is 20.3. The van der Waals surface area contributed by atoms with Crippen LogP contribution in [0.3, 0.4) is 0 Å². The van der Waals surface area contributed by atoms with Crippen molar-refractivity contribution < 1.29 is 19.2 Å². The topological polar surface area (TPSA) is 102 Å². The molecule has 0 radical (unpaired) electrons. The molecule has 0 bridgehead atoms. The number of Topliss-reactive ketones (excluding diaryl/α,β-unsaturated/α-hetero) is 1. The number of benzene rings is 1. The zero-order valence-corrected chi connectivity index (χ0v) is 18.2. The maximum Gasteiger partial charge on any atom is 0.243 e. The first kappa shape index (κ1) is 22.9. The molecular formula is C22H31N5O4. The number of piperazine rings is 2. The van der Waals surface area contributed by atoms with Gasteiger partial charge in [0.15, 0.2) is 5.78 Å². The number of rotatable bonds is 7. The number of ketones is 1. The van der Waals surface area contributed by atoms with E-state index in [9.17, 15) is 19.2 Å². The Morgan fingerprint density at radius 2 is 1.68 bits per heavy atom. The average Bonchev–Trinajstić information content (AvgIpc) is 2.76. The molecule has 0 saturated carbocycles. The van der Waals surface area contributed by atoms with E-state index in [1.165, 1.54) is 11.8 Å². The number of hydrogen-bond acceptors (Lipinski definition) is 6. The molecule has 2 N–H and O–H groups in total. The lowest BCUT2D eigenvalue weighted by Crippen LogP contribution is -2.60. The Kier molecular flexibility index (Phi) is 7.75. The summed E-state index contributed by atoms with van der Waals surface area (Å²) in [6.07, 6.45) is -0.115. The molecule has 0 aromatic heterocycles. The minimum atomic E-state index is -0.824. The summed E-state index contributed by atoms with van der Waals surface area (Å²) >= 11 is 0. The molecule has 168 valence electrons. The molecule has 2 aliphatic rings. The molecule has 1 atom stereocenters. The number of carbonyl (C=O) groups is 4. The van der Waals surface area contributed by atoms with Gasteiger partial charge in [0.05, 0.1) is 13.0 Å². The number of anilines is 1. The van der Waals surface area contributed by atoms with Crippen molar-refractivity contribution in [3.63, 3.8) is 0 Å². The fourth-order valence-electron chi connectivity index (χ4n) is 3.94. The number of nitrogens with zero attached hydrogens (tertiary/aromatic N) is 3. The minimum absolute atomic E-state index is 0.0537. The standard InChI is InChI=1S/C22H31N5O4/c1-3-25-10-12-26(13-11-25)15-21(30)27-9-8-23-22(31)19(27)14-20(29)24-18-6-4-17(5-7-18)16(2)28/h4-7,19H,3,8-15H2,1-2H3,(H,23,31)(H,24,29)/t19-/m0/s1. The Labute approximate surface area is 182 Å². The van der Waals surface area contributed by atoms with Crippen molar-refractivity contribution in [1.29, 1.82) is 0 Å². The molecule has 1 aromatic carbocycles. The monoisotopic (exact) mass is 429 g/mol. The van der Waals surface area contributed by atoms with Gasteiger partial charge in [-0.1, -0.05) is 6.92 Å². The van der Waals surface area contributed by atoms with Gasteiger partial charge in [-0.05, 0) is 37.7 Å². The number of amides is 3. The molecule has 9 heteroatoms. The van der Waals surface area contributed by atoms with Crippen LogP contribution in [0.4, 0.5) is 5.69 Å². The van der Waals surface area contributed by atoms with E-state index in [2.05, 4.69) is 27.4 Å².